The van der Waals surface area contributed by atoms with Crippen LogP contribution < -0.4 is 9.47 Å². The van der Waals surface area contributed by atoms with Crippen molar-refractivity contribution < 1.29 is 41.8 Å². The molecule has 2 aromatic rings. The summed E-state index contributed by atoms with van der Waals surface area (Å²) in [7, 11) is -2.71. The Kier molecular flexibility index (Phi) is 8.87. The van der Waals surface area contributed by atoms with E-state index >= 15 is 0 Å². The summed E-state index contributed by atoms with van der Waals surface area (Å²) in [5.74, 6) is 1.18. The van der Waals surface area contributed by atoms with Gasteiger partial charge in [-0.25, -0.2) is 0 Å². The van der Waals surface area contributed by atoms with E-state index < -0.39 is 47.4 Å². The summed E-state index contributed by atoms with van der Waals surface area (Å²) in [6.07, 6.45) is -0.244. The van der Waals surface area contributed by atoms with Crippen molar-refractivity contribution in [2.24, 2.45) is 0 Å². The zero-order valence-corrected chi connectivity index (χ0v) is 21.3. The van der Waals surface area contributed by atoms with Crippen molar-refractivity contribution in [3.05, 3.63) is 54.1 Å². The normalized spacial score (nSPS) is 27.5. The van der Waals surface area contributed by atoms with Gasteiger partial charge in [0.25, 0.3) is 10.1 Å². The molecule has 198 valence electrons. The first kappa shape index (κ1) is 26.8. The highest BCUT2D eigenvalue weighted by atomic mass is 32.2. The van der Waals surface area contributed by atoms with E-state index in [-0.39, 0.29) is 11.0 Å². The molecule has 0 aromatic heterocycles. The molecule has 4 rings (SSSR count). The van der Waals surface area contributed by atoms with Crippen LogP contribution in [0.15, 0.2) is 53.4 Å². The van der Waals surface area contributed by atoms with Crippen molar-refractivity contribution in [1.29, 1.82) is 0 Å². The smallest absolute Gasteiger partial charge is 0.297 e. The van der Waals surface area contributed by atoms with Gasteiger partial charge in [-0.15, -0.1) is 0 Å². The number of ether oxygens (including phenoxy) is 4. The lowest BCUT2D eigenvalue weighted by Crippen LogP contribution is -2.61. The lowest BCUT2D eigenvalue weighted by molar-refractivity contribution is -0.287. The highest BCUT2D eigenvalue weighted by Gasteiger charge is 2.47. The van der Waals surface area contributed by atoms with Crippen LogP contribution in [0.3, 0.4) is 0 Å². The fourth-order valence-corrected chi connectivity index (χ4v) is 5.34. The molecule has 2 N–H and O–H groups in total. The summed E-state index contributed by atoms with van der Waals surface area (Å²) in [4.78, 5) is -0.0145. The number of methoxy groups -OCH3 is 1. The van der Waals surface area contributed by atoms with Crippen LogP contribution in [0.2, 0.25) is 0 Å². The predicted molar refractivity (Wildman–Crippen MR) is 130 cm³/mol. The number of hydrogen-bond acceptors (Lipinski definition) is 9. The molecular weight excluding hydrogens is 488 g/mol. The third kappa shape index (κ3) is 6.56. The lowest BCUT2D eigenvalue weighted by atomic mass is 9.98. The quantitative estimate of drug-likeness (QED) is 0.479. The molecule has 9 nitrogen and oxygen atoms in total. The first-order chi connectivity index (χ1) is 17.3. The average Bonchev–Trinajstić information content (AvgIpc) is 2.88. The third-order valence-electron chi connectivity index (χ3n) is 6.52. The van der Waals surface area contributed by atoms with Crippen LogP contribution in [-0.2, 0) is 23.8 Å². The Balaban J connectivity index is 1.36. The second-order valence-electron chi connectivity index (χ2n) is 9.24. The molecule has 1 aliphatic heterocycles. The van der Waals surface area contributed by atoms with E-state index in [2.05, 4.69) is 0 Å². The molecule has 0 radical (unpaired) electrons. The van der Waals surface area contributed by atoms with Gasteiger partial charge in [0.2, 0.25) is 0 Å². The van der Waals surface area contributed by atoms with Crippen molar-refractivity contribution in [3.8, 4) is 11.5 Å². The molecule has 1 saturated heterocycles. The summed E-state index contributed by atoms with van der Waals surface area (Å²) in [5.41, 5.74) is 0.906. The van der Waals surface area contributed by atoms with Crippen molar-refractivity contribution in [3.63, 3.8) is 0 Å². The van der Waals surface area contributed by atoms with Crippen molar-refractivity contribution in [2.75, 3.05) is 13.7 Å². The molecule has 36 heavy (non-hydrogen) atoms. The molecular formula is C26H34O9S. The largest absolute Gasteiger partial charge is 0.490 e. The zero-order valence-electron chi connectivity index (χ0n) is 20.5. The van der Waals surface area contributed by atoms with Gasteiger partial charge in [-0.2, -0.15) is 8.42 Å². The van der Waals surface area contributed by atoms with Crippen molar-refractivity contribution in [2.45, 2.75) is 80.7 Å². The van der Waals surface area contributed by atoms with Crippen LogP contribution >= 0.6 is 0 Å². The Hall–Kier alpha value is -2.21. The highest BCUT2D eigenvalue weighted by molar-refractivity contribution is 7.86. The minimum absolute atomic E-state index is 0.0145. The first-order valence-electron chi connectivity index (χ1n) is 12.2. The maximum absolute atomic E-state index is 12.5. The summed E-state index contributed by atoms with van der Waals surface area (Å²) in [5, 5.41) is 21.4. The molecule has 1 saturated carbocycles. The highest BCUT2D eigenvalue weighted by Crippen LogP contribution is 2.29. The molecule has 1 aliphatic carbocycles. The molecule has 0 spiro atoms. The second kappa shape index (κ2) is 11.9. The van der Waals surface area contributed by atoms with Gasteiger partial charge in [0.15, 0.2) is 12.4 Å². The molecule has 0 unspecified atom stereocenters. The minimum atomic E-state index is -4.08. The van der Waals surface area contributed by atoms with Gasteiger partial charge in [0.1, 0.15) is 29.8 Å². The van der Waals surface area contributed by atoms with E-state index in [1.165, 1.54) is 38.5 Å². The monoisotopic (exact) mass is 522 g/mol. The number of aryl methyl sites for hydroxylation is 1. The standard InChI is InChI=1S/C26H34O9S/c1-17-8-14-21(15-9-17)36(29,30)32-16-22-23(27)24(28)25(26(31-2)35-22)34-20-12-10-19(11-13-20)33-18-6-4-3-5-7-18/h8-15,18,22-28H,3-7,16H2,1-2H3/t22-,23-,24+,25-,26+/m1/s1. The number of aliphatic hydroxyl groups is 2. The van der Waals surface area contributed by atoms with Crippen molar-refractivity contribution >= 4 is 10.1 Å². The number of hydrogen-bond donors (Lipinski definition) is 2. The van der Waals surface area contributed by atoms with E-state index in [9.17, 15) is 18.6 Å². The van der Waals surface area contributed by atoms with Gasteiger partial charge >= 0.3 is 0 Å². The van der Waals surface area contributed by atoms with Crippen LogP contribution in [-0.4, -0.2) is 69.2 Å². The van der Waals surface area contributed by atoms with Gasteiger partial charge in [0, 0.05) is 7.11 Å². The number of benzene rings is 2. The molecule has 10 heteroatoms. The van der Waals surface area contributed by atoms with Crippen LogP contribution in [0, 0.1) is 6.92 Å². The van der Waals surface area contributed by atoms with Crippen LogP contribution in [0.4, 0.5) is 0 Å². The number of rotatable bonds is 9. The SMILES string of the molecule is CO[C@H]1O[C@H](COS(=O)(=O)c2ccc(C)cc2)[C@@H](O)[C@H](O)[C@H]1Oc1ccc(OC2CCCCC2)cc1. The van der Waals surface area contributed by atoms with E-state index in [4.69, 9.17) is 23.1 Å². The molecule has 2 aliphatic rings. The van der Waals surface area contributed by atoms with Crippen LogP contribution in [0.1, 0.15) is 37.7 Å². The van der Waals surface area contributed by atoms with Crippen LogP contribution in [0.5, 0.6) is 11.5 Å². The third-order valence-corrected chi connectivity index (χ3v) is 7.82. The van der Waals surface area contributed by atoms with E-state index in [0.29, 0.717) is 5.75 Å². The molecule has 2 fully saturated rings. The van der Waals surface area contributed by atoms with Gasteiger partial charge in [-0.1, -0.05) is 24.1 Å². The predicted octanol–water partition coefficient (Wildman–Crippen LogP) is 2.95. The number of aliphatic hydroxyl groups excluding tert-OH is 2. The molecule has 5 atom stereocenters. The fraction of sp³-hybridized carbons (Fsp3) is 0.538. The Morgan fingerprint density at radius 2 is 1.50 bits per heavy atom. The minimum Gasteiger partial charge on any atom is -0.490 e. The summed E-state index contributed by atoms with van der Waals surface area (Å²) in [6, 6.07) is 13.2. The average molecular weight is 523 g/mol. The summed E-state index contributed by atoms with van der Waals surface area (Å²) < 4.78 is 53.0. The second-order valence-corrected chi connectivity index (χ2v) is 10.9. The van der Waals surface area contributed by atoms with Gasteiger partial charge < -0.3 is 29.2 Å². The molecule has 0 amide bonds. The Morgan fingerprint density at radius 1 is 0.889 bits per heavy atom. The van der Waals surface area contributed by atoms with Gasteiger partial charge in [0.05, 0.1) is 17.6 Å². The van der Waals surface area contributed by atoms with E-state index in [1.54, 1.807) is 36.4 Å². The van der Waals surface area contributed by atoms with Crippen LogP contribution in [0.25, 0.3) is 0 Å². The first-order valence-corrected chi connectivity index (χ1v) is 13.6. The van der Waals surface area contributed by atoms with Gasteiger partial charge in [-0.3, -0.25) is 4.18 Å². The Labute approximate surface area is 212 Å². The van der Waals surface area contributed by atoms with Crippen molar-refractivity contribution in [1.82, 2.24) is 0 Å². The molecule has 1 heterocycles. The summed E-state index contributed by atoms with van der Waals surface area (Å²) >= 11 is 0. The fourth-order valence-electron chi connectivity index (χ4n) is 4.42. The summed E-state index contributed by atoms with van der Waals surface area (Å²) in [6.45, 7) is 1.34. The maximum Gasteiger partial charge on any atom is 0.297 e. The maximum atomic E-state index is 12.5. The molecule has 2 aromatic carbocycles. The van der Waals surface area contributed by atoms with E-state index in [1.807, 2.05) is 6.92 Å². The lowest BCUT2D eigenvalue weighted by Gasteiger charge is -2.41. The Morgan fingerprint density at radius 3 is 2.11 bits per heavy atom. The molecule has 0 bridgehead atoms. The van der Waals surface area contributed by atoms with Gasteiger partial charge in [-0.05, 0) is 69.0 Å². The zero-order chi connectivity index (χ0) is 25.7. The van der Waals surface area contributed by atoms with E-state index in [0.717, 1.165) is 24.2 Å². The topological polar surface area (TPSA) is 121 Å². The Bertz CT molecular complexity index is 1060.